The molecule has 2 heterocycles. The summed E-state index contributed by atoms with van der Waals surface area (Å²) < 4.78 is 26.1. The minimum atomic E-state index is -3.46. The van der Waals surface area contributed by atoms with Crippen LogP contribution >= 0.6 is 0 Å². The van der Waals surface area contributed by atoms with Crippen LogP contribution in [0.2, 0.25) is 0 Å². The van der Waals surface area contributed by atoms with Crippen molar-refractivity contribution in [3.05, 3.63) is 12.4 Å². The molecule has 1 fully saturated rings. The maximum atomic E-state index is 12.3. The highest BCUT2D eigenvalue weighted by atomic mass is 32.2. The predicted molar refractivity (Wildman–Crippen MR) is 73.2 cm³/mol. The summed E-state index contributed by atoms with van der Waals surface area (Å²) in [4.78, 5) is 2.25. The molecule has 2 rings (SSSR count). The van der Waals surface area contributed by atoms with Crippen molar-refractivity contribution in [1.29, 1.82) is 5.26 Å². The Hall–Kier alpha value is -1.43. The number of nitrogens with zero attached hydrogens (tertiary/aromatic N) is 4. The van der Waals surface area contributed by atoms with Gasteiger partial charge in [0, 0.05) is 32.4 Å². The van der Waals surface area contributed by atoms with Crippen molar-refractivity contribution in [3.63, 3.8) is 0 Å². The maximum absolute atomic E-state index is 12.3. The van der Waals surface area contributed by atoms with Gasteiger partial charge in [-0.2, -0.15) is 14.7 Å². The minimum absolute atomic E-state index is 0.112. The first-order valence-corrected chi connectivity index (χ1v) is 8.16. The number of hydrogen-bond acceptors (Lipinski definition) is 5. The zero-order valence-corrected chi connectivity index (χ0v) is 12.3. The van der Waals surface area contributed by atoms with Crippen molar-refractivity contribution in [1.82, 2.24) is 19.4 Å². The van der Waals surface area contributed by atoms with E-state index < -0.39 is 10.0 Å². The Morgan fingerprint density at radius 2 is 2.15 bits per heavy atom. The fraction of sp³-hybridized carbons (Fsp3) is 0.667. The van der Waals surface area contributed by atoms with Gasteiger partial charge in [-0.15, -0.1) is 0 Å². The molecule has 0 aliphatic carbocycles. The molecule has 7 nitrogen and oxygen atoms in total. The SMILES string of the molecule is CCCC(C#N)N1CCN(S(=O)(=O)c2cn[nH]c2)CC1. The third-order valence-electron chi connectivity index (χ3n) is 3.54. The molecule has 1 atom stereocenters. The molecule has 0 saturated carbocycles. The molecule has 0 radical (unpaired) electrons. The zero-order chi connectivity index (χ0) is 14.6. The summed E-state index contributed by atoms with van der Waals surface area (Å²) in [6.45, 7) is 4.05. The lowest BCUT2D eigenvalue weighted by Gasteiger charge is -2.35. The lowest BCUT2D eigenvalue weighted by atomic mass is 10.1. The van der Waals surface area contributed by atoms with Gasteiger partial charge in [0.25, 0.3) is 0 Å². The van der Waals surface area contributed by atoms with Crippen LogP contribution in [0.15, 0.2) is 17.3 Å². The van der Waals surface area contributed by atoms with E-state index in [9.17, 15) is 8.42 Å². The van der Waals surface area contributed by atoms with Crippen LogP contribution in [0, 0.1) is 11.3 Å². The summed E-state index contributed by atoms with van der Waals surface area (Å²) in [7, 11) is -3.46. The number of sulfonamides is 1. The number of nitrogens with one attached hydrogen (secondary N) is 1. The molecule has 1 unspecified atom stereocenters. The molecule has 0 spiro atoms. The van der Waals surface area contributed by atoms with Crippen LogP contribution < -0.4 is 0 Å². The van der Waals surface area contributed by atoms with Crippen molar-refractivity contribution >= 4 is 10.0 Å². The Kier molecular flexibility index (Phi) is 4.75. The van der Waals surface area contributed by atoms with Crippen molar-refractivity contribution in [2.45, 2.75) is 30.7 Å². The summed E-state index contributed by atoms with van der Waals surface area (Å²) >= 11 is 0. The fourth-order valence-electron chi connectivity index (χ4n) is 2.39. The van der Waals surface area contributed by atoms with Crippen molar-refractivity contribution in [3.8, 4) is 6.07 Å². The van der Waals surface area contributed by atoms with Gasteiger partial charge in [0.05, 0.1) is 18.3 Å². The number of rotatable bonds is 5. The lowest BCUT2D eigenvalue weighted by molar-refractivity contribution is 0.156. The van der Waals surface area contributed by atoms with E-state index in [0.29, 0.717) is 26.2 Å². The second kappa shape index (κ2) is 6.35. The molecule has 110 valence electrons. The average molecular weight is 297 g/mol. The first kappa shape index (κ1) is 15.0. The molecule has 1 aromatic rings. The van der Waals surface area contributed by atoms with Crippen LogP contribution in [-0.4, -0.2) is 60.0 Å². The van der Waals surface area contributed by atoms with E-state index in [-0.39, 0.29) is 10.9 Å². The molecule has 1 saturated heterocycles. The smallest absolute Gasteiger partial charge is 0.246 e. The molecule has 0 aromatic carbocycles. The standard InChI is InChI=1S/C12H19N5O2S/c1-2-3-11(8-13)16-4-6-17(7-5-16)20(18,19)12-9-14-15-10-12/h9-11H,2-7H2,1H3,(H,14,15). The molecule has 1 aromatic heterocycles. The lowest BCUT2D eigenvalue weighted by Crippen LogP contribution is -2.51. The normalized spacial score (nSPS) is 19.6. The Bertz CT molecular complexity index is 555. The van der Waals surface area contributed by atoms with E-state index >= 15 is 0 Å². The summed E-state index contributed by atoms with van der Waals surface area (Å²) in [5.74, 6) is 0. The van der Waals surface area contributed by atoms with Crippen LogP contribution in [-0.2, 0) is 10.0 Å². The summed E-state index contributed by atoms with van der Waals surface area (Å²) in [5.41, 5.74) is 0. The summed E-state index contributed by atoms with van der Waals surface area (Å²) in [6, 6.07) is 2.18. The van der Waals surface area contributed by atoms with E-state index in [0.717, 1.165) is 12.8 Å². The second-order valence-corrected chi connectivity index (χ2v) is 6.75. The van der Waals surface area contributed by atoms with Gasteiger partial charge in [-0.3, -0.25) is 10.00 Å². The van der Waals surface area contributed by atoms with Crippen LogP contribution in [0.1, 0.15) is 19.8 Å². The third-order valence-corrected chi connectivity index (χ3v) is 5.40. The molecule has 1 N–H and O–H groups in total. The van der Waals surface area contributed by atoms with E-state index in [1.54, 1.807) is 0 Å². The first-order valence-electron chi connectivity index (χ1n) is 6.72. The summed E-state index contributed by atoms with van der Waals surface area (Å²) in [5, 5.41) is 15.3. The average Bonchev–Trinajstić information content (AvgIpc) is 3.00. The van der Waals surface area contributed by atoms with Gasteiger partial charge in [-0.05, 0) is 6.42 Å². The number of aromatic amines is 1. The van der Waals surface area contributed by atoms with Gasteiger partial charge in [0.2, 0.25) is 10.0 Å². The van der Waals surface area contributed by atoms with E-state index in [1.807, 2.05) is 6.92 Å². The van der Waals surface area contributed by atoms with E-state index in [4.69, 9.17) is 5.26 Å². The van der Waals surface area contributed by atoms with Gasteiger partial charge in [-0.1, -0.05) is 13.3 Å². The largest absolute Gasteiger partial charge is 0.285 e. The van der Waals surface area contributed by atoms with Crippen LogP contribution in [0.4, 0.5) is 0 Å². The number of H-pyrrole nitrogens is 1. The Morgan fingerprint density at radius 1 is 1.45 bits per heavy atom. The number of nitriles is 1. The molecule has 0 bridgehead atoms. The zero-order valence-electron chi connectivity index (χ0n) is 11.5. The van der Waals surface area contributed by atoms with Crippen molar-refractivity contribution < 1.29 is 8.42 Å². The number of hydrogen-bond donors (Lipinski definition) is 1. The quantitative estimate of drug-likeness (QED) is 0.849. The van der Waals surface area contributed by atoms with E-state index in [1.165, 1.54) is 16.7 Å². The van der Waals surface area contributed by atoms with Crippen molar-refractivity contribution in [2.24, 2.45) is 0 Å². The van der Waals surface area contributed by atoms with Gasteiger partial charge >= 0.3 is 0 Å². The summed E-state index contributed by atoms with van der Waals surface area (Å²) in [6.07, 6.45) is 4.48. The molecule has 1 aliphatic heterocycles. The fourth-order valence-corrected chi connectivity index (χ4v) is 3.72. The highest BCUT2D eigenvalue weighted by Crippen LogP contribution is 2.18. The second-order valence-electron chi connectivity index (χ2n) is 4.81. The molecule has 20 heavy (non-hydrogen) atoms. The highest BCUT2D eigenvalue weighted by molar-refractivity contribution is 7.89. The predicted octanol–water partition coefficient (Wildman–Crippen LogP) is 0.408. The maximum Gasteiger partial charge on any atom is 0.246 e. The highest BCUT2D eigenvalue weighted by Gasteiger charge is 2.31. The van der Waals surface area contributed by atoms with Gasteiger partial charge in [-0.25, -0.2) is 8.42 Å². The Labute approximate surface area is 119 Å². The molecule has 0 amide bonds. The Balaban J connectivity index is 2.00. The van der Waals surface area contributed by atoms with Gasteiger partial charge in [0.1, 0.15) is 4.90 Å². The topological polar surface area (TPSA) is 93.1 Å². The molecular formula is C12H19N5O2S. The van der Waals surface area contributed by atoms with Crippen molar-refractivity contribution in [2.75, 3.05) is 26.2 Å². The Morgan fingerprint density at radius 3 is 2.65 bits per heavy atom. The van der Waals surface area contributed by atoms with Gasteiger partial charge < -0.3 is 0 Å². The molecular weight excluding hydrogens is 278 g/mol. The molecule has 1 aliphatic rings. The van der Waals surface area contributed by atoms with Gasteiger partial charge in [0.15, 0.2) is 0 Å². The van der Waals surface area contributed by atoms with E-state index in [2.05, 4.69) is 21.2 Å². The van der Waals surface area contributed by atoms with Crippen LogP contribution in [0.25, 0.3) is 0 Å². The minimum Gasteiger partial charge on any atom is -0.285 e. The van der Waals surface area contributed by atoms with Crippen LogP contribution in [0.3, 0.4) is 0 Å². The third kappa shape index (κ3) is 3.00. The molecule has 8 heteroatoms. The van der Waals surface area contributed by atoms with Crippen LogP contribution in [0.5, 0.6) is 0 Å². The first-order chi connectivity index (χ1) is 9.59. The number of aromatic nitrogens is 2. The monoisotopic (exact) mass is 297 g/mol. The number of piperazine rings is 1.